The first kappa shape index (κ1) is 30.3. The number of anilines is 1. The van der Waals surface area contributed by atoms with Gasteiger partial charge in [0.1, 0.15) is 36.5 Å². The van der Waals surface area contributed by atoms with E-state index >= 15 is 0 Å². The van der Waals surface area contributed by atoms with E-state index < -0.39 is 23.5 Å². The summed E-state index contributed by atoms with van der Waals surface area (Å²) in [6, 6.07) is 1.20. The highest BCUT2D eigenvalue weighted by Crippen LogP contribution is 2.45. The van der Waals surface area contributed by atoms with Crippen LogP contribution in [-0.4, -0.2) is 95.1 Å². The summed E-state index contributed by atoms with van der Waals surface area (Å²) in [5.74, 6) is 2.94. The van der Waals surface area contributed by atoms with Gasteiger partial charge in [0.2, 0.25) is 0 Å². The number of carbonyl (C=O) groups is 1. The minimum absolute atomic E-state index is 0.0999. The van der Waals surface area contributed by atoms with Crippen LogP contribution in [0.2, 0.25) is 0 Å². The van der Waals surface area contributed by atoms with E-state index in [0.717, 1.165) is 50.2 Å². The van der Waals surface area contributed by atoms with Gasteiger partial charge in [0, 0.05) is 37.0 Å². The molecule has 1 aliphatic heterocycles. The molecule has 43 heavy (non-hydrogen) atoms. The maximum Gasteiger partial charge on any atom is 0.408 e. The molecule has 1 saturated heterocycles. The molecule has 3 aromatic rings. The van der Waals surface area contributed by atoms with E-state index in [9.17, 15) is 18.0 Å². The average Bonchev–Trinajstić information content (AvgIpc) is 3.65. The van der Waals surface area contributed by atoms with Crippen molar-refractivity contribution in [3.05, 3.63) is 29.7 Å². The van der Waals surface area contributed by atoms with Gasteiger partial charge in [0.15, 0.2) is 5.65 Å². The second-order valence-corrected chi connectivity index (χ2v) is 11.4. The van der Waals surface area contributed by atoms with Gasteiger partial charge in [-0.25, -0.2) is 4.98 Å². The van der Waals surface area contributed by atoms with Crippen LogP contribution in [0, 0.1) is 17.8 Å². The van der Waals surface area contributed by atoms with E-state index in [1.807, 2.05) is 35.3 Å². The molecule has 1 atom stereocenters. The molecule has 230 valence electrons. The molecule has 1 aliphatic carbocycles. The van der Waals surface area contributed by atoms with Crippen LogP contribution in [0.25, 0.3) is 11.0 Å². The lowest BCUT2D eigenvalue weighted by Crippen LogP contribution is -2.43. The third-order valence-corrected chi connectivity index (χ3v) is 7.83. The van der Waals surface area contributed by atoms with Crippen molar-refractivity contribution in [1.29, 1.82) is 0 Å². The summed E-state index contributed by atoms with van der Waals surface area (Å²) in [5.41, 5.74) is 0.967. The van der Waals surface area contributed by atoms with Gasteiger partial charge in [-0.2, -0.15) is 28.2 Å². The van der Waals surface area contributed by atoms with E-state index in [-0.39, 0.29) is 24.2 Å². The van der Waals surface area contributed by atoms with Crippen molar-refractivity contribution >= 4 is 22.8 Å². The van der Waals surface area contributed by atoms with Crippen molar-refractivity contribution in [3.8, 4) is 24.1 Å². The number of nitrogens with one attached hydrogen (secondary N) is 2. The van der Waals surface area contributed by atoms with Crippen LogP contribution in [0.3, 0.4) is 0 Å². The Hall–Kier alpha value is -4.12. The van der Waals surface area contributed by atoms with Crippen LogP contribution in [0.5, 0.6) is 11.8 Å². The number of pyridine rings is 1. The maximum atomic E-state index is 13.1. The van der Waals surface area contributed by atoms with Crippen LogP contribution in [0.1, 0.15) is 54.7 Å². The van der Waals surface area contributed by atoms with Crippen LogP contribution >= 0.6 is 0 Å². The molecular formula is C29H35F3N8O3. The third kappa shape index (κ3) is 7.27. The van der Waals surface area contributed by atoms with Crippen molar-refractivity contribution in [3.63, 3.8) is 0 Å². The Balaban J connectivity index is 1.31. The summed E-state index contributed by atoms with van der Waals surface area (Å²) in [6.45, 7) is 3.48. The number of aromatic nitrogens is 5. The standard InChI is InChI=1S/C29H35F3N8O3/c1-5-28(8-9-28)17-43-27-35-22(26(41)34-18(2)29(30,31)32)15-23(36-27)40-10-6-19(7-11-40)24-21-14-20(42-13-12-39(3)4)16-33-25(21)38-37-24/h1,14-16,18-19H,6-13,17H2,2-4H3,(H,34,41)(H,33,37,38)/t18-/m0/s1. The highest BCUT2D eigenvalue weighted by molar-refractivity contribution is 5.93. The number of H-pyrrole nitrogens is 1. The smallest absolute Gasteiger partial charge is 0.408 e. The summed E-state index contributed by atoms with van der Waals surface area (Å²) in [5, 5.41) is 10.4. The molecule has 2 N–H and O–H groups in total. The summed E-state index contributed by atoms with van der Waals surface area (Å²) in [6.07, 6.45) is 5.74. The number of rotatable bonds is 11. The van der Waals surface area contributed by atoms with E-state index in [4.69, 9.17) is 15.9 Å². The Morgan fingerprint density at radius 1 is 1.26 bits per heavy atom. The van der Waals surface area contributed by atoms with Crippen LogP contribution in [-0.2, 0) is 0 Å². The lowest BCUT2D eigenvalue weighted by Gasteiger charge is -2.32. The molecule has 2 aliphatic rings. The number of nitrogens with zero attached hydrogens (tertiary/aromatic N) is 6. The molecule has 2 fully saturated rings. The number of piperidine rings is 1. The highest BCUT2D eigenvalue weighted by Gasteiger charge is 2.42. The Morgan fingerprint density at radius 2 is 2.00 bits per heavy atom. The quantitative estimate of drug-likeness (QED) is 0.318. The lowest BCUT2D eigenvalue weighted by atomic mass is 9.92. The minimum atomic E-state index is -4.59. The van der Waals surface area contributed by atoms with Crippen LogP contribution < -0.4 is 19.7 Å². The molecule has 3 aromatic heterocycles. The number of amides is 1. The summed E-state index contributed by atoms with van der Waals surface area (Å²) >= 11 is 0. The van der Waals surface area contributed by atoms with E-state index in [0.29, 0.717) is 36.9 Å². The Morgan fingerprint density at radius 3 is 2.65 bits per heavy atom. The second-order valence-electron chi connectivity index (χ2n) is 11.4. The van der Waals surface area contributed by atoms with Gasteiger partial charge in [-0.1, -0.05) is 5.92 Å². The number of hydrogen-bond donors (Lipinski definition) is 2. The van der Waals surface area contributed by atoms with E-state index in [2.05, 4.69) is 31.1 Å². The molecule has 1 amide bonds. The van der Waals surface area contributed by atoms with Crippen LogP contribution in [0.4, 0.5) is 19.0 Å². The van der Waals surface area contributed by atoms with Crippen molar-refractivity contribution in [2.75, 3.05) is 51.8 Å². The van der Waals surface area contributed by atoms with Gasteiger partial charge in [0.25, 0.3) is 5.91 Å². The number of carbonyl (C=O) groups excluding carboxylic acids is 1. The number of ether oxygens (including phenoxy) is 2. The molecule has 14 heteroatoms. The monoisotopic (exact) mass is 600 g/mol. The summed E-state index contributed by atoms with van der Waals surface area (Å²) < 4.78 is 51.0. The average molecular weight is 601 g/mol. The Bertz CT molecular complexity index is 1490. The van der Waals surface area contributed by atoms with Crippen molar-refractivity contribution < 1.29 is 27.4 Å². The van der Waals surface area contributed by atoms with E-state index in [1.165, 1.54) is 6.07 Å². The molecule has 1 saturated carbocycles. The predicted molar refractivity (Wildman–Crippen MR) is 153 cm³/mol. The fourth-order valence-corrected chi connectivity index (χ4v) is 4.81. The Kier molecular flexibility index (Phi) is 8.64. The molecule has 0 unspecified atom stereocenters. The zero-order valence-corrected chi connectivity index (χ0v) is 24.4. The van der Waals surface area contributed by atoms with Crippen molar-refractivity contribution in [2.45, 2.75) is 50.7 Å². The molecule has 0 radical (unpaired) electrons. The second kappa shape index (κ2) is 12.2. The predicted octanol–water partition coefficient (Wildman–Crippen LogP) is 3.55. The number of halogens is 3. The molecule has 4 heterocycles. The number of terminal acetylenes is 1. The zero-order valence-electron chi connectivity index (χ0n) is 24.4. The van der Waals surface area contributed by atoms with Gasteiger partial charge in [0.05, 0.1) is 17.3 Å². The summed E-state index contributed by atoms with van der Waals surface area (Å²) in [4.78, 5) is 29.8. The maximum absolute atomic E-state index is 13.1. The van der Waals surface area contributed by atoms with Gasteiger partial charge < -0.3 is 24.6 Å². The third-order valence-electron chi connectivity index (χ3n) is 7.83. The number of fused-ring (bicyclic) bond motifs is 1. The first-order valence-corrected chi connectivity index (χ1v) is 14.2. The molecule has 0 aromatic carbocycles. The minimum Gasteiger partial charge on any atom is -0.491 e. The fraction of sp³-hybridized carbons (Fsp3) is 0.552. The summed E-state index contributed by atoms with van der Waals surface area (Å²) in [7, 11) is 3.96. The van der Waals surface area contributed by atoms with Crippen molar-refractivity contribution in [1.82, 2.24) is 35.4 Å². The molecular weight excluding hydrogens is 565 g/mol. The largest absolute Gasteiger partial charge is 0.491 e. The van der Waals surface area contributed by atoms with E-state index in [1.54, 1.807) is 6.20 Å². The van der Waals surface area contributed by atoms with Crippen molar-refractivity contribution in [2.24, 2.45) is 5.41 Å². The normalized spacial score (nSPS) is 17.5. The number of hydrogen-bond acceptors (Lipinski definition) is 9. The number of alkyl halides is 3. The molecule has 0 bridgehead atoms. The molecule has 0 spiro atoms. The fourth-order valence-electron chi connectivity index (χ4n) is 4.81. The zero-order chi connectivity index (χ0) is 30.8. The number of likely N-dealkylation sites (N-methyl/N-ethyl adjacent to an activating group) is 1. The highest BCUT2D eigenvalue weighted by atomic mass is 19.4. The lowest BCUT2D eigenvalue weighted by molar-refractivity contribution is -0.149. The topological polar surface area (TPSA) is 121 Å². The Labute approximate surface area is 247 Å². The first-order valence-electron chi connectivity index (χ1n) is 14.2. The SMILES string of the molecule is C#CC1(COc2nc(C(=O)N[C@@H](C)C(F)(F)F)cc(N3CCC(c4n[nH]c5ncc(OCCN(C)C)cc45)CC3)n2)CC1. The van der Waals surface area contributed by atoms with Gasteiger partial charge in [-0.15, -0.1) is 6.42 Å². The number of aromatic amines is 1. The van der Waals surface area contributed by atoms with Gasteiger partial charge in [-0.3, -0.25) is 9.89 Å². The van der Waals surface area contributed by atoms with Gasteiger partial charge in [-0.05, 0) is 52.8 Å². The molecule has 11 nitrogen and oxygen atoms in total. The molecule has 5 rings (SSSR count). The first-order chi connectivity index (χ1) is 20.5. The van der Waals surface area contributed by atoms with Gasteiger partial charge >= 0.3 is 12.2 Å². The van der Waals surface area contributed by atoms with Crippen LogP contribution in [0.15, 0.2) is 18.3 Å².